The van der Waals surface area contributed by atoms with Crippen molar-refractivity contribution >= 4 is 31.9 Å². The molecule has 0 amide bonds. The number of hydrogen-bond acceptors (Lipinski definition) is 3. The fraction of sp³-hybridized carbons (Fsp3) is 0.300. The molecule has 0 saturated carbocycles. The van der Waals surface area contributed by atoms with E-state index in [1.165, 1.54) is 4.72 Å². The first-order chi connectivity index (χ1) is 9.47. The normalized spacial score (nSPS) is 12.7. The molecule has 0 spiro atoms. The van der Waals surface area contributed by atoms with Gasteiger partial charge in [-0.15, -0.1) is 0 Å². The summed E-state index contributed by atoms with van der Waals surface area (Å²) in [5, 5.41) is 8.71. The average molecular weight is 394 g/mol. The fourth-order valence-electron chi connectivity index (χ4n) is 1.20. The Balaban J connectivity index is 3.02. The Morgan fingerprint density at radius 1 is 1.38 bits per heavy atom. The summed E-state index contributed by atoms with van der Waals surface area (Å²) in [5.41, 5.74) is -0.237. The second kappa shape index (κ2) is 6.28. The lowest BCUT2D eigenvalue weighted by Gasteiger charge is -2.16. The number of alkyl halides is 4. The molecule has 2 N–H and O–H groups in total. The number of sulfonamides is 1. The zero-order valence-corrected chi connectivity index (χ0v) is 12.4. The van der Waals surface area contributed by atoms with Gasteiger partial charge >= 0.3 is 18.3 Å². The molecule has 0 unspecified atom stereocenters. The van der Waals surface area contributed by atoms with E-state index in [2.05, 4.69) is 15.9 Å². The van der Waals surface area contributed by atoms with Gasteiger partial charge in [0, 0.05) is 4.47 Å². The van der Waals surface area contributed by atoms with Crippen LogP contribution in [0.1, 0.15) is 10.4 Å². The van der Waals surface area contributed by atoms with Gasteiger partial charge in [-0.1, -0.05) is 0 Å². The Morgan fingerprint density at radius 3 is 2.38 bits per heavy atom. The van der Waals surface area contributed by atoms with Crippen molar-refractivity contribution in [3.63, 3.8) is 0 Å². The first-order valence-electron chi connectivity index (χ1n) is 5.16. The average Bonchev–Trinajstić information content (AvgIpc) is 2.36. The second-order valence-electron chi connectivity index (χ2n) is 3.84. The van der Waals surface area contributed by atoms with Crippen LogP contribution in [0.15, 0.2) is 27.6 Å². The van der Waals surface area contributed by atoms with E-state index in [-0.39, 0.29) is 10.0 Å². The summed E-state index contributed by atoms with van der Waals surface area (Å²) >= 11 is 2.78. The topological polar surface area (TPSA) is 83.5 Å². The van der Waals surface area contributed by atoms with Crippen molar-refractivity contribution in [3.8, 4) is 0 Å². The Labute approximate surface area is 125 Å². The summed E-state index contributed by atoms with van der Waals surface area (Å²) in [6, 6.07) is 2.74. The molecule has 0 aliphatic rings. The zero-order chi connectivity index (χ0) is 16.4. The molecule has 118 valence electrons. The molecule has 0 aliphatic carbocycles. The Kier molecular flexibility index (Phi) is 5.34. The predicted octanol–water partition coefficient (Wildman–Crippen LogP) is 2.33. The highest BCUT2D eigenvalue weighted by molar-refractivity contribution is 9.10. The van der Waals surface area contributed by atoms with Gasteiger partial charge in [0.05, 0.1) is 17.0 Å². The molecule has 0 atom stereocenters. The van der Waals surface area contributed by atoms with E-state index in [1.807, 2.05) is 0 Å². The largest absolute Gasteiger partial charge is 0.478 e. The second-order valence-corrected chi connectivity index (χ2v) is 6.43. The molecule has 0 radical (unpaired) electrons. The van der Waals surface area contributed by atoms with Gasteiger partial charge in [0.2, 0.25) is 10.0 Å². The van der Waals surface area contributed by atoms with Gasteiger partial charge in [-0.2, -0.15) is 8.78 Å². The third-order valence-corrected chi connectivity index (χ3v) is 4.66. The van der Waals surface area contributed by atoms with Crippen LogP contribution < -0.4 is 4.72 Å². The van der Waals surface area contributed by atoms with Crippen molar-refractivity contribution in [2.45, 2.75) is 17.2 Å². The van der Waals surface area contributed by atoms with Gasteiger partial charge in [-0.25, -0.2) is 26.7 Å². The van der Waals surface area contributed by atoms with Crippen molar-refractivity contribution < 1.29 is 35.9 Å². The van der Waals surface area contributed by atoms with E-state index in [1.54, 1.807) is 0 Å². The number of benzene rings is 1. The lowest BCUT2D eigenvalue weighted by atomic mass is 10.2. The van der Waals surface area contributed by atoms with Crippen LogP contribution >= 0.6 is 15.9 Å². The molecule has 21 heavy (non-hydrogen) atoms. The number of hydrogen-bond donors (Lipinski definition) is 2. The van der Waals surface area contributed by atoms with Gasteiger partial charge in [-0.3, -0.25) is 0 Å². The Hall–Kier alpha value is -1.20. The van der Waals surface area contributed by atoms with E-state index in [0.29, 0.717) is 0 Å². The first-order valence-corrected chi connectivity index (χ1v) is 7.43. The molecular weight excluding hydrogens is 386 g/mol. The van der Waals surface area contributed by atoms with Crippen LogP contribution in [0.5, 0.6) is 0 Å². The first kappa shape index (κ1) is 17.9. The number of aromatic carboxylic acids is 1. The van der Waals surface area contributed by atoms with E-state index in [4.69, 9.17) is 5.11 Å². The Morgan fingerprint density at radius 2 is 1.95 bits per heavy atom. The molecule has 0 heterocycles. The summed E-state index contributed by atoms with van der Waals surface area (Å²) in [7, 11) is -4.50. The lowest BCUT2D eigenvalue weighted by Crippen LogP contribution is -2.41. The molecule has 0 fully saturated rings. The third kappa shape index (κ3) is 4.38. The van der Waals surface area contributed by atoms with Crippen LogP contribution in [-0.4, -0.2) is 38.4 Å². The minimum atomic E-state index is -4.51. The molecule has 1 aromatic carbocycles. The molecule has 11 heteroatoms. The van der Waals surface area contributed by atoms with Gasteiger partial charge < -0.3 is 5.11 Å². The monoisotopic (exact) mass is 393 g/mol. The van der Waals surface area contributed by atoms with Gasteiger partial charge in [-0.05, 0) is 34.1 Å². The molecule has 0 bridgehead atoms. The maximum absolute atomic E-state index is 12.7. The van der Waals surface area contributed by atoms with Crippen molar-refractivity contribution in [2.75, 3.05) is 6.54 Å². The molecule has 0 aromatic heterocycles. The van der Waals surface area contributed by atoms with Crippen LogP contribution in [0.25, 0.3) is 0 Å². The molecule has 1 aromatic rings. The highest BCUT2D eigenvalue weighted by atomic mass is 79.9. The fourth-order valence-corrected chi connectivity index (χ4v) is 3.32. The smallest absolute Gasteiger partial charge is 0.335 e. The minimum Gasteiger partial charge on any atom is -0.478 e. The van der Waals surface area contributed by atoms with E-state index < -0.39 is 39.8 Å². The number of nitrogens with one attached hydrogen (secondary N) is 1. The number of carbonyl (C=O) groups is 1. The standard InChI is InChI=1S/C10H8BrF4NO4S/c11-6-3-5(8(17)18)1-2-7(6)21(19,20)16-4-10(14,15)9(12)13/h1-3,9,16H,4H2,(H,17,18). The quantitative estimate of drug-likeness (QED) is 0.726. The van der Waals surface area contributed by atoms with E-state index in [9.17, 15) is 30.8 Å². The third-order valence-electron chi connectivity index (χ3n) is 2.29. The highest BCUT2D eigenvalue weighted by Crippen LogP contribution is 2.25. The highest BCUT2D eigenvalue weighted by Gasteiger charge is 2.41. The van der Waals surface area contributed by atoms with E-state index >= 15 is 0 Å². The van der Waals surface area contributed by atoms with Crippen LogP contribution in [-0.2, 0) is 10.0 Å². The van der Waals surface area contributed by atoms with Crippen molar-refractivity contribution in [1.82, 2.24) is 4.72 Å². The number of carboxylic acids is 1. The molecule has 0 saturated heterocycles. The van der Waals surface area contributed by atoms with Crippen LogP contribution in [0.3, 0.4) is 0 Å². The number of halogens is 5. The lowest BCUT2D eigenvalue weighted by molar-refractivity contribution is -0.122. The molecule has 1 rings (SSSR count). The predicted molar refractivity (Wildman–Crippen MR) is 67.2 cm³/mol. The Bertz CT molecular complexity index is 650. The summed E-state index contributed by atoms with van der Waals surface area (Å²) in [5.74, 6) is -5.84. The maximum Gasteiger partial charge on any atom is 0.335 e. The minimum absolute atomic E-state index is 0.199. The maximum atomic E-state index is 12.7. The number of carboxylic acid groups (broad SMARTS) is 1. The van der Waals surface area contributed by atoms with E-state index in [0.717, 1.165) is 18.2 Å². The van der Waals surface area contributed by atoms with Crippen LogP contribution in [0.2, 0.25) is 0 Å². The summed E-state index contributed by atoms with van der Waals surface area (Å²) in [6.07, 6.45) is -4.02. The van der Waals surface area contributed by atoms with Crippen molar-refractivity contribution in [3.05, 3.63) is 28.2 Å². The van der Waals surface area contributed by atoms with Crippen LogP contribution in [0.4, 0.5) is 17.6 Å². The van der Waals surface area contributed by atoms with Crippen LogP contribution in [0, 0.1) is 0 Å². The van der Waals surface area contributed by atoms with Crippen molar-refractivity contribution in [1.29, 1.82) is 0 Å². The van der Waals surface area contributed by atoms with Gasteiger partial charge in [0.15, 0.2) is 0 Å². The van der Waals surface area contributed by atoms with Gasteiger partial charge in [0.25, 0.3) is 0 Å². The van der Waals surface area contributed by atoms with Crippen molar-refractivity contribution in [2.24, 2.45) is 0 Å². The molecule has 5 nitrogen and oxygen atoms in total. The summed E-state index contributed by atoms with van der Waals surface area (Å²) in [6.45, 7) is -1.78. The van der Waals surface area contributed by atoms with Gasteiger partial charge in [0.1, 0.15) is 0 Å². The summed E-state index contributed by atoms with van der Waals surface area (Å²) in [4.78, 5) is 10.1. The summed E-state index contributed by atoms with van der Waals surface area (Å²) < 4.78 is 73.9. The molecule has 0 aliphatic heterocycles. The number of rotatable bonds is 6. The molecular formula is C10H8BrF4NO4S. The zero-order valence-electron chi connectivity index (χ0n) is 9.99. The SMILES string of the molecule is O=C(O)c1ccc(S(=O)(=O)NCC(F)(F)C(F)F)c(Br)c1.